The highest BCUT2D eigenvalue weighted by Gasteiger charge is 2.26. The Hall–Kier alpha value is -2.22. The summed E-state index contributed by atoms with van der Waals surface area (Å²) in [5, 5.41) is 18.5. The monoisotopic (exact) mass is 332 g/mol. The summed E-state index contributed by atoms with van der Waals surface area (Å²) in [5.41, 5.74) is 0. The highest BCUT2D eigenvalue weighted by atomic mass is 16.5. The lowest BCUT2D eigenvalue weighted by Gasteiger charge is -2.28. The summed E-state index contributed by atoms with van der Waals surface area (Å²) in [7, 11) is 0. The lowest BCUT2D eigenvalue weighted by atomic mass is 10.0. The summed E-state index contributed by atoms with van der Waals surface area (Å²) in [6.45, 7) is 8.66. The first-order valence-electron chi connectivity index (χ1n) is 8.36. The van der Waals surface area contributed by atoms with Gasteiger partial charge < -0.3 is 19.7 Å². The van der Waals surface area contributed by atoms with Crippen LogP contribution in [0.15, 0.2) is 10.6 Å². The zero-order valence-electron chi connectivity index (χ0n) is 14.5. The van der Waals surface area contributed by atoms with E-state index in [1.807, 2.05) is 6.92 Å². The smallest absolute Gasteiger partial charge is 0.242 e. The van der Waals surface area contributed by atoms with Crippen LogP contribution in [0.3, 0.4) is 0 Å². The number of aromatic nitrogens is 4. The van der Waals surface area contributed by atoms with Gasteiger partial charge >= 0.3 is 0 Å². The van der Waals surface area contributed by atoms with Crippen LogP contribution in [0.1, 0.15) is 50.5 Å². The molecule has 2 aromatic rings. The van der Waals surface area contributed by atoms with E-state index in [1.165, 1.54) is 0 Å². The molecule has 0 bridgehead atoms. The molecule has 8 nitrogen and oxygen atoms in total. The number of fused-ring (bicyclic) bond motifs is 1. The summed E-state index contributed by atoms with van der Waals surface area (Å²) in [6, 6.07) is 1.59. The SMILES string of the molecule is Cc1cc(NC(=O)[C@@H](C)N[C@@H]2CCc3nnc(C(C)C)n3C2)no1. The lowest BCUT2D eigenvalue weighted by Crippen LogP contribution is -2.47. The fourth-order valence-electron chi connectivity index (χ4n) is 3.00. The topological polar surface area (TPSA) is 97.9 Å². The van der Waals surface area contributed by atoms with Gasteiger partial charge in [0.05, 0.1) is 6.04 Å². The number of aryl methyl sites for hydroxylation is 2. The molecular weight excluding hydrogens is 308 g/mol. The van der Waals surface area contributed by atoms with Gasteiger partial charge in [0.25, 0.3) is 0 Å². The standard InChI is InChI=1S/C16H24N6O2/c1-9(2)15-20-19-14-6-5-12(8-22(14)15)17-11(4)16(23)18-13-7-10(3)24-21-13/h7,9,11-12,17H,5-6,8H2,1-4H3,(H,18,21,23)/t11-,12-/m1/s1. The lowest BCUT2D eigenvalue weighted by molar-refractivity contribution is -0.118. The zero-order chi connectivity index (χ0) is 17.3. The van der Waals surface area contributed by atoms with Crippen molar-refractivity contribution in [2.45, 2.75) is 65.1 Å². The van der Waals surface area contributed by atoms with Crippen LogP contribution in [0, 0.1) is 6.92 Å². The van der Waals surface area contributed by atoms with Gasteiger partial charge in [-0.05, 0) is 20.3 Å². The van der Waals surface area contributed by atoms with E-state index >= 15 is 0 Å². The van der Waals surface area contributed by atoms with Crippen molar-refractivity contribution in [2.75, 3.05) is 5.32 Å². The average Bonchev–Trinajstić information content (AvgIpc) is 3.12. The van der Waals surface area contributed by atoms with Crippen LogP contribution in [-0.4, -0.2) is 37.9 Å². The van der Waals surface area contributed by atoms with Crippen LogP contribution < -0.4 is 10.6 Å². The Kier molecular flexibility index (Phi) is 4.66. The van der Waals surface area contributed by atoms with Crippen molar-refractivity contribution in [3.8, 4) is 0 Å². The quantitative estimate of drug-likeness (QED) is 0.863. The van der Waals surface area contributed by atoms with Crippen LogP contribution in [0.5, 0.6) is 0 Å². The molecule has 130 valence electrons. The van der Waals surface area contributed by atoms with Gasteiger partial charge in [-0.2, -0.15) is 0 Å². The molecule has 24 heavy (non-hydrogen) atoms. The van der Waals surface area contributed by atoms with E-state index in [2.05, 4.69) is 44.4 Å². The van der Waals surface area contributed by atoms with E-state index in [9.17, 15) is 4.79 Å². The Labute approximate surface area is 141 Å². The van der Waals surface area contributed by atoms with Gasteiger partial charge in [0.2, 0.25) is 5.91 Å². The van der Waals surface area contributed by atoms with Crippen molar-refractivity contribution in [3.63, 3.8) is 0 Å². The first-order chi connectivity index (χ1) is 11.4. The third-order valence-electron chi connectivity index (χ3n) is 4.25. The van der Waals surface area contributed by atoms with Gasteiger partial charge in [0, 0.05) is 31.0 Å². The van der Waals surface area contributed by atoms with Gasteiger partial charge in [-0.3, -0.25) is 4.79 Å². The maximum absolute atomic E-state index is 12.3. The van der Waals surface area contributed by atoms with Crippen molar-refractivity contribution >= 4 is 11.7 Å². The number of amides is 1. The minimum atomic E-state index is -0.326. The molecule has 0 fully saturated rings. The summed E-state index contributed by atoms with van der Waals surface area (Å²) in [6.07, 6.45) is 1.81. The third-order valence-corrected chi connectivity index (χ3v) is 4.25. The normalized spacial score (nSPS) is 18.5. The molecule has 2 aromatic heterocycles. The molecule has 1 aliphatic rings. The van der Waals surface area contributed by atoms with E-state index in [4.69, 9.17) is 4.52 Å². The Morgan fingerprint density at radius 1 is 1.38 bits per heavy atom. The molecule has 1 aliphatic heterocycles. The van der Waals surface area contributed by atoms with Crippen molar-refractivity contribution in [1.29, 1.82) is 0 Å². The fourth-order valence-corrected chi connectivity index (χ4v) is 3.00. The Morgan fingerprint density at radius 3 is 2.83 bits per heavy atom. The Balaban J connectivity index is 1.59. The maximum Gasteiger partial charge on any atom is 0.242 e. The number of rotatable bonds is 5. The van der Waals surface area contributed by atoms with Crippen LogP contribution in [0.4, 0.5) is 5.82 Å². The largest absolute Gasteiger partial charge is 0.360 e. The van der Waals surface area contributed by atoms with E-state index in [0.29, 0.717) is 17.5 Å². The summed E-state index contributed by atoms with van der Waals surface area (Å²) in [5.74, 6) is 3.36. The number of carbonyl (C=O) groups is 1. The first kappa shape index (κ1) is 16.6. The Bertz CT molecular complexity index is 720. The van der Waals surface area contributed by atoms with Crippen LogP contribution in [0.25, 0.3) is 0 Å². The van der Waals surface area contributed by atoms with Crippen LogP contribution in [0.2, 0.25) is 0 Å². The van der Waals surface area contributed by atoms with Gasteiger partial charge in [-0.15, -0.1) is 10.2 Å². The molecule has 0 aliphatic carbocycles. The van der Waals surface area contributed by atoms with E-state index in [0.717, 1.165) is 31.0 Å². The Morgan fingerprint density at radius 2 is 2.17 bits per heavy atom. The molecule has 1 amide bonds. The second kappa shape index (κ2) is 6.72. The summed E-state index contributed by atoms with van der Waals surface area (Å²) in [4.78, 5) is 12.3. The number of nitrogens with one attached hydrogen (secondary N) is 2. The molecule has 8 heteroatoms. The molecule has 0 radical (unpaired) electrons. The van der Waals surface area contributed by atoms with Crippen molar-refractivity contribution < 1.29 is 9.32 Å². The van der Waals surface area contributed by atoms with Gasteiger partial charge in [-0.25, -0.2) is 0 Å². The number of hydrogen-bond donors (Lipinski definition) is 2. The zero-order valence-corrected chi connectivity index (χ0v) is 14.5. The molecule has 3 heterocycles. The third kappa shape index (κ3) is 3.48. The molecule has 0 unspecified atom stereocenters. The molecule has 0 saturated carbocycles. The average molecular weight is 332 g/mol. The van der Waals surface area contributed by atoms with E-state index in [1.54, 1.807) is 13.0 Å². The van der Waals surface area contributed by atoms with Crippen LogP contribution in [-0.2, 0) is 17.8 Å². The molecule has 0 spiro atoms. The molecular formula is C16H24N6O2. The molecule has 0 aromatic carbocycles. The van der Waals surface area contributed by atoms with E-state index in [-0.39, 0.29) is 18.0 Å². The van der Waals surface area contributed by atoms with Crippen LogP contribution >= 0.6 is 0 Å². The number of carbonyl (C=O) groups excluding carboxylic acids is 1. The minimum absolute atomic E-state index is 0.123. The van der Waals surface area contributed by atoms with Gasteiger partial charge in [-0.1, -0.05) is 19.0 Å². The van der Waals surface area contributed by atoms with Crippen molar-refractivity contribution in [1.82, 2.24) is 25.2 Å². The number of hydrogen-bond acceptors (Lipinski definition) is 6. The molecule has 3 rings (SSSR count). The highest BCUT2D eigenvalue weighted by Crippen LogP contribution is 2.20. The minimum Gasteiger partial charge on any atom is -0.360 e. The molecule has 2 atom stereocenters. The molecule has 2 N–H and O–H groups in total. The van der Waals surface area contributed by atoms with Crippen molar-refractivity contribution in [3.05, 3.63) is 23.5 Å². The summed E-state index contributed by atoms with van der Waals surface area (Å²) >= 11 is 0. The molecule has 0 saturated heterocycles. The van der Waals surface area contributed by atoms with Gasteiger partial charge in [0.1, 0.15) is 17.4 Å². The van der Waals surface area contributed by atoms with E-state index < -0.39 is 0 Å². The van der Waals surface area contributed by atoms with Crippen molar-refractivity contribution in [2.24, 2.45) is 0 Å². The predicted octanol–water partition coefficient (Wildman–Crippen LogP) is 1.63. The highest BCUT2D eigenvalue weighted by molar-refractivity contribution is 5.93. The first-order valence-corrected chi connectivity index (χ1v) is 8.36. The number of anilines is 1. The predicted molar refractivity (Wildman–Crippen MR) is 88.7 cm³/mol. The second-order valence-corrected chi connectivity index (χ2v) is 6.68. The van der Waals surface area contributed by atoms with Gasteiger partial charge in [0.15, 0.2) is 5.82 Å². The number of nitrogens with zero attached hydrogens (tertiary/aromatic N) is 4. The summed E-state index contributed by atoms with van der Waals surface area (Å²) < 4.78 is 7.14. The second-order valence-electron chi connectivity index (χ2n) is 6.68. The fraction of sp³-hybridized carbons (Fsp3) is 0.625. The maximum atomic E-state index is 12.3.